The summed E-state index contributed by atoms with van der Waals surface area (Å²) in [5, 5.41) is 4.03. The number of hydrogen-bond acceptors (Lipinski definition) is 2. The van der Waals surface area contributed by atoms with E-state index in [4.69, 9.17) is 23.2 Å². The number of likely N-dealkylation sites (N-methyl/N-ethyl adjacent to an activating group) is 1. The Balaban J connectivity index is 2.00. The summed E-state index contributed by atoms with van der Waals surface area (Å²) >= 11 is 15.5. The first-order valence-corrected chi connectivity index (χ1v) is 7.75. The predicted molar refractivity (Wildman–Crippen MR) is 83.1 cm³/mol. The lowest BCUT2D eigenvalue weighted by Crippen LogP contribution is -2.37. The van der Waals surface area contributed by atoms with Crippen molar-refractivity contribution in [1.82, 2.24) is 4.90 Å². The highest BCUT2D eigenvalue weighted by atomic mass is 79.9. The number of halogens is 3. The number of carbonyl (C=O) groups is 1. The Morgan fingerprint density at radius 1 is 1.42 bits per heavy atom. The topological polar surface area (TPSA) is 32.3 Å². The van der Waals surface area contributed by atoms with Crippen LogP contribution in [0.25, 0.3) is 0 Å². The summed E-state index contributed by atoms with van der Waals surface area (Å²) in [4.78, 5) is 14.0. The van der Waals surface area contributed by atoms with Crippen LogP contribution in [0.1, 0.15) is 19.8 Å². The molecule has 0 aliphatic heterocycles. The maximum atomic E-state index is 12.1. The van der Waals surface area contributed by atoms with E-state index in [9.17, 15) is 4.79 Å². The molecule has 6 heteroatoms. The van der Waals surface area contributed by atoms with Crippen molar-refractivity contribution in [3.8, 4) is 0 Å². The Morgan fingerprint density at radius 3 is 2.47 bits per heavy atom. The van der Waals surface area contributed by atoms with Gasteiger partial charge in [0.1, 0.15) is 0 Å². The van der Waals surface area contributed by atoms with Gasteiger partial charge in [-0.2, -0.15) is 0 Å². The van der Waals surface area contributed by atoms with Gasteiger partial charge < -0.3 is 10.2 Å². The molecule has 1 saturated carbocycles. The largest absolute Gasteiger partial charge is 0.374 e. The fourth-order valence-electron chi connectivity index (χ4n) is 2.00. The summed E-state index contributed by atoms with van der Waals surface area (Å²) in [6, 6.07) is 3.92. The molecule has 0 atom stereocenters. The molecule has 0 spiro atoms. The second kappa shape index (κ2) is 6.33. The van der Waals surface area contributed by atoms with Crippen LogP contribution >= 0.6 is 39.1 Å². The molecule has 0 unspecified atom stereocenters. The summed E-state index contributed by atoms with van der Waals surface area (Å²) in [5.74, 6) is 0.0834. The van der Waals surface area contributed by atoms with E-state index in [-0.39, 0.29) is 12.5 Å². The van der Waals surface area contributed by atoms with Crippen LogP contribution in [0.3, 0.4) is 0 Å². The maximum absolute atomic E-state index is 12.1. The highest BCUT2D eigenvalue weighted by molar-refractivity contribution is 9.10. The van der Waals surface area contributed by atoms with Crippen LogP contribution in [0, 0.1) is 0 Å². The van der Waals surface area contributed by atoms with E-state index in [0.29, 0.717) is 21.8 Å². The van der Waals surface area contributed by atoms with Crippen LogP contribution in [0.5, 0.6) is 0 Å². The van der Waals surface area contributed by atoms with E-state index in [0.717, 1.165) is 23.9 Å². The average Bonchev–Trinajstić information content (AvgIpc) is 3.13. The fourth-order valence-corrected chi connectivity index (χ4v) is 3.34. The number of nitrogens with zero attached hydrogens (tertiary/aromatic N) is 1. The highest BCUT2D eigenvalue weighted by Gasteiger charge is 2.31. The molecule has 104 valence electrons. The quantitative estimate of drug-likeness (QED) is 0.848. The number of anilines is 1. The van der Waals surface area contributed by atoms with Gasteiger partial charge in [-0.15, -0.1) is 0 Å². The number of amides is 1. The van der Waals surface area contributed by atoms with Gasteiger partial charge >= 0.3 is 0 Å². The summed E-state index contributed by atoms with van der Waals surface area (Å²) in [6.45, 7) is 2.95. The molecule has 2 rings (SSSR count). The number of benzene rings is 1. The first kappa shape index (κ1) is 14.9. The monoisotopic (exact) mass is 364 g/mol. The Morgan fingerprint density at radius 2 is 2.00 bits per heavy atom. The van der Waals surface area contributed by atoms with Gasteiger partial charge in [0, 0.05) is 17.1 Å². The van der Waals surface area contributed by atoms with Crippen molar-refractivity contribution in [3.63, 3.8) is 0 Å². The van der Waals surface area contributed by atoms with Crippen LogP contribution < -0.4 is 5.32 Å². The predicted octanol–water partition coefficient (Wildman–Crippen LogP) is 4.18. The number of rotatable bonds is 5. The van der Waals surface area contributed by atoms with E-state index in [1.807, 2.05) is 11.8 Å². The Labute approximate surface area is 131 Å². The van der Waals surface area contributed by atoms with Crippen LogP contribution in [0.15, 0.2) is 16.6 Å². The molecule has 1 N–H and O–H groups in total. The minimum atomic E-state index is 0.0834. The summed E-state index contributed by atoms with van der Waals surface area (Å²) in [7, 11) is 0. The van der Waals surface area contributed by atoms with Gasteiger partial charge in [0.05, 0.1) is 22.3 Å². The zero-order chi connectivity index (χ0) is 14.0. The lowest BCUT2D eigenvalue weighted by atomic mass is 10.3. The molecule has 3 nitrogen and oxygen atoms in total. The first-order valence-electron chi connectivity index (χ1n) is 6.20. The molecule has 1 aliphatic rings. The van der Waals surface area contributed by atoms with Crippen molar-refractivity contribution >= 4 is 50.7 Å². The fraction of sp³-hybridized carbons (Fsp3) is 0.462. The van der Waals surface area contributed by atoms with Crippen molar-refractivity contribution in [2.45, 2.75) is 25.8 Å². The molecule has 1 fully saturated rings. The van der Waals surface area contributed by atoms with E-state index in [2.05, 4.69) is 21.2 Å². The van der Waals surface area contributed by atoms with Crippen LogP contribution in [0.2, 0.25) is 10.0 Å². The molecule has 0 saturated heterocycles. The zero-order valence-electron chi connectivity index (χ0n) is 10.5. The molecule has 1 aromatic rings. The lowest BCUT2D eigenvalue weighted by molar-refractivity contribution is -0.129. The minimum absolute atomic E-state index is 0.0834. The Bertz CT molecular complexity index is 469. The van der Waals surface area contributed by atoms with E-state index >= 15 is 0 Å². The smallest absolute Gasteiger partial charge is 0.242 e. The SMILES string of the molecule is CCN(C(=O)CNc1c(Cl)cc(Br)cc1Cl)C1CC1. The van der Waals surface area contributed by atoms with Crippen molar-refractivity contribution in [2.24, 2.45) is 0 Å². The van der Waals surface area contributed by atoms with Gasteiger partial charge in [-0.1, -0.05) is 39.1 Å². The Kier molecular flexibility index (Phi) is 4.98. The number of carbonyl (C=O) groups excluding carboxylic acids is 1. The second-order valence-electron chi connectivity index (χ2n) is 4.51. The molecule has 1 aromatic carbocycles. The molecule has 0 bridgehead atoms. The molecule has 1 aliphatic carbocycles. The highest BCUT2D eigenvalue weighted by Crippen LogP contribution is 2.34. The van der Waals surface area contributed by atoms with Crippen molar-refractivity contribution in [3.05, 3.63) is 26.7 Å². The summed E-state index contributed by atoms with van der Waals surface area (Å²) in [5.41, 5.74) is 0.603. The Hall–Kier alpha value is -0.450. The van der Waals surface area contributed by atoms with Crippen LogP contribution in [0.4, 0.5) is 5.69 Å². The summed E-state index contributed by atoms with van der Waals surface area (Å²) in [6.07, 6.45) is 2.22. The lowest BCUT2D eigenvalue weighted by Gasteiger charge is -2.21. The molecule has 0 radical (unpaired) electrons. The number of nitrogens with one attached hydrogen (secondary N) is 1. The van der Waals surface area contributed by atoms with Gasteiger partial charge in [0.15, 0.2) is 0 Å². The van der Waals surface area contributed by atoms with Crippen molar-refractivity contribution in [1.29, 1.82) is 0 Å². The van der Waals surface area contributed by atoms with Crippen LogP contribution in [-0.2, 0) is 4.79 Å². The van der Waals surface area contributed by atoms with Gasteiger partial charge in [0.2, 0.25) is 5.91 Å². The molecule has 0 heterocycles. The van der Waals surface area contributed by atoms with Crippen molar-refractivity contribution in [2.75, 3.05) is 18.4 Å². The molecular formula is C13H15BrCl2N2O. The number of hydrogen-bond donors (Lipinski definition) is 1. The first-order chi connectivity index (χ1) is 9.02. The van der Waals surface area contributed by atoms with Crippen molar-refractivity contribution < 1.29 is 4.79 Å². The second-order valence-corrected chi connectivity index (χ2v) is 6.24. The average molecular weight is 366 g/mol. The van der Waals surface area contributed by atoms with Gasteiger partial charge in [-0.3, -0.25) is 4.79 Å². The van der Waals surface area contributed by atoms with Crippen LogP contribution in [-0.4, -0.2) is 29.9 Å². The molecular weight excluding hydrogens is 351 g/mol. The van der Waals surface area contributed by atoms with E-state index in [1.54, 1.807) is 12.1 Å². The minimum Gasteiger partial charge on any atom is -0.374 e. The standard InChI is InChI=1S/C13H15BrCl2N2O/c1-2-18(9-3-4-9)12(19)7-17-13-10(15)5-8(14)6-11(13)16/h5-6,9,17H,2-4,7H2,1H3. The normalized spacial score (nSPS) is 14.3. The third-order valence-electron chi connectivity index (χ3n) is 3.07. The maximum Gasteiger partial charge on any atom is 0.242 e. The zero-order valence-corrected chi connectivity index (χ0v) is 13.6. The summed E-state index contributed by atoms with van der Waals surface area (Å²) < 4.78 is 0.813. The molecule has 1 amide bonds. The van der Waals surface area contributed by atoms with Gasteiger partial charge in [0.25, 0.3) is 0 Å². The van der Waals surface area contributed by atoms with Gasteiger partial charge in [-0.25, -0.2) is 0 Å². The molecule has 19 heavy (non-hydrogen) atoms. The third kappa shape index (κ3) is 3.77. The van der Waals surface area contributed by atoms with E-state index in [1.165, 1.54) is 0 Å². The van der Waals surface area contributed by atoms with Gasteiger partial charge in [-0.05, 0) is 31.9 Å². The third-order valence-corrected chi connectivity index (χ3v) is 4.13. The molecule has 0 aromatic heterocycles. The van der Waals surface area contributed by atoms with E-state index < -0.39 is 0 Å².